The Labute approximate surface area is 141 Å². The second-order valence-corrected chi connectivity index (χ2v) is 5.73. The van der Waals surface area contributed by atoms with Crippen molar-refractivity contribution in [1.29, 1.82) is 0 Å². The number of hydrogen-bond acceptors (Lipinski definition) is 3. The van der Waals surface area contributed by atoms with Crippen molar-refractivity contribution in [2.24, 2.45) is 0 Å². The molecule has 24 heavy (non-hydrogen) atoms. The molecule has 6 heteroatoms. The number of hydrogen-bond donors (Lipinski definition) is 2. The molecule has 2 aromatic carbocycles. The van der Waals surface area contributed by atoms with Crippen LogP contribution >= 0.6 is 0 Å². The summed E-state index contributed by atoms with van der Waals surface area (Å²) in [5, 5.41) is 16.5. The van der Waals surface area contributed by atoms with E-state index < -0.39 is 4.92 Å². The Morgan fingerprint density at radius 1 is 1.17 bits per heavy atom. The molecule has 1 atom stereocenters. The second-order valence-electron chi connectivity index (χ2n) is 5.73. The van der Waals surface area contributed by atoms with Gasteiger partial charge in [0, 0.05) is 12.1 Å². The first kappa shape index (κ1) is 17.5. The molecule has 0 aliphatic carbocycles. The Hall–Kier alpha value is -2.89. The Balaban J connectivity index is 1.89. The number of rotatable bonds is 6. The number of nitrogens with zero attached hydrogens (tertiary/aromatic N) is 1. The van der Waals surface area contributed by atoms with E-state index in [0.717, 1.165) is 12.8 Å². The quantitative estimate of drug-likeness (QED) is 0.620. The van der Waals surface area contributed by atoms with E-state index in [4.69, 9.17) is 0 Å². The monoisotopic (exact) mass is 327 g/mol. The lowest BCUT2D eigenvalue weighted by Crippen LogP contribution is -2.36. The number of urea groups is 1. The summed E-state index contributed by atoms with van der Waals surface area (Å²) < 4.78 is 0. The van der Waals surface area contributed by atoms with Gasteiger partial charge in [-0.25, -0.2) is 4.79 Å². The van der Waals surface area contributed by atoms with E-state index >= 15 is 0 Å². The highest BCUT2D eigenvalue weighted by molar-refractivity contribution is 5.90. The summed E-state index contributed by atoms with van der Waals surface area (Å²) in [6.45, 7) is 3.55. The molecule has 2 aromatic rings. The summed E-state index contributed by atoms with van der Waals surface area (Å²) in [5.41, 5.74) is 2.09. The minimum Gasteiger partial charge on any atom is -0.335 e. The highest BCUT2D eigenvalue weighted by Gasteiger charge is 2.15. The van der Waals surface area contributed by atoms with Crippen molar-refractivity contribution >= 4 is 17.4 Å². The van der Waals surface area contributed by atoms with Crippen LogP contribution in [0.2, 0.25) is 0 Å². The lowest BCUT2D eigenvalue weighted by Gasteiger charge is -2.15. The van der Waals surface area contributed by atoms with Crippen LogP contribution in [0.3, 0.4) is 0 Å². The van der Waals surface area contributed by atoms with Gasteiger partial charge in [-0.05, 0) is 38.3 Å². The zero-order chi connectivity index (χ0) is 17.5. The topological polar surface area (TPSA) is 84.3 Å². The fourth-order valence-corrected chi connectivity index (χ4v) is 2.44. The number of amides is 2. The minimum atomic E-state index is -0.457. The van der Waals surface area contributed by atoms with Gasteiger partial charge in [-0.15, -0.1) is 0 Å². The summed E-state index contributed by atoms with van der Waals surface area (Å²) in [6, 6.07) is 14.3. The van der Waals surface area contributed by atoms with Crippen molar-refractivity contribution in [1.82, 2.24) is 5.32 Å². The highest BCUT2D eigenvalue weighted by Crippen LogP contribution is 2.24. The van der Waals surface area contributed by atoms with Crippen LogP contribution in [0.4, 0.5) is 16.2 Å². The van der Waals surface area contributed by atoms with Crippen molar-refractivity contribution in [3.8, 4) is 0 Å². The van der Waals surface area contributed by atoms with Crippen LogP contribution in [0.25, 0.3) is 0 Å². The molecule has 0 aliphatic heterocycles. The zero-order valence-corrected chi connectivity index (χ0v) is 13.8. The summed E-state index contributed by atoms with van der Waals surface area (Å²) in [7, 11) is 0. The van der Waals surface area contributed by atoms with E-state index in [2.05, 4.69) is 22.8 Å². The van der Waals surface area contributed by atoms with Crippen molar-refractivity contribution < 1.29 is 9.72 Å². The van der Waals surface area contributed by atoms with E-state index in [9.17, 15) is 14.9 Å². The minimum absolute atomic E-state index is 0.00933. The van der Waals surface area contributed by atoms with Crippen molar-refractivity contribution in [3.05, 3.63) is 69.8 Å². The molecule has 0 fully saturated rings. The number of aryl methyl sites for hydroxylation is 1. The summed E-state index contributed by atoms with van der Waals surface area (Å²) in [5.74, 6) is 0. The SMILES string of the molecule is Cc1c(NC(=O)NC(C)CCc2ccccc2)cccc1[N+](=O)[O-]. The molecule has 0 bridgehead atoms. The third kappa shape index (κ3) is 4.81. The van der Waals surface area contributed by atoms with Gasteiger partial charge in [0.25, 0.3) is 5.69 Å². The van der Waals surface area contributed by atoms with Crippen LogP contribution in [0.5, 0.6) is 0 Å². The van der Waals surface area contributed by atoms with Gasteiger partial charge in [0.15, 0.2) is 0 Å². The molecule has 2 amide bonds. The first-order valence-corrected chi connectivity index (χ1v) is 7.83. The average molecular weight is 327 g/mol. The molecule has 126 valence electrons. The number of benzene rings is 2. The fraction of sp³-hybridized carbons (Fsp3) is 0.278. The molecule has 2 rings (SSSR count). The number of anilines is 1. The van der Waals surface area contributed by atoms with Crippen LogP contribution < -0.4 is 10.6 Å². The Kier molecular flexibility index (Phi) is 5.89. The highest BCUT2D eigenvalue weighted by atomic mass is 16.6. The van der Waals surface area contributed by atoms with Crippen molar-refractivity contribution in [2.45, 2.75) is 32.7 Å². The number of nitro groups is 1. The summed E-state index contributed by atoms with van der Waals surface area (Å²) >= 11 is 0. The Bertz CT molecular complexity index is 717. The molecule has 0 aromatic heterocycles. The molecule has 0 spiro atoms. The molecule has 0 saturated heterocycles. The van der Waals surface area contributed by atoms with E-state index in [-0.39, 0.29) is 17.8 Å². The maximum atomic E-state index is 12.1. The molecule has 0 aliphatic rings. The largest absolute Gasteiger partial charge is 0.335 e. The van der Waals surface area contributed by atoms with Crippen LogP contribution in [0.1, 0.15) is 24.5 Å². The van der Waals surface area contributed by atoms with E-state index in [1.54, 1.807) is 19.1 Å². The van der Waals surface area contributed by atoms with E-state index in [1.165, 1.54) is 11.6 Å². The lowest BCUT2D eigenvalue weighted by molar-refractivity contribution is -0.385. The number of carbonyl (C=O) groups is 1. The van der Waals surface area contributed by atoms with Gasteiger partial charge in [0.1, 0.15) is 0 Å². The van der Waals surface area contributed by atoms with Gasteiger partial charge < -0.3 is 10.6 Å². The summed E-state index contributed by atoms with van der Waals surface area (Å²) in [4.78, 5) is 22.6. The van der Waals surface area contributed by atoms with Gasteiger partial charge >= 0.3 is 6.03 Å². The lowest BCUT2D eigenvalue weighted by atomic mass is 10.1. The third-order valence-electron chi connectivity index (χ3n) is 3.84. The van der Waals surface area contributed by atoms with Crippen LogP contribution in [0, 0.1) is 17.0 Å². The van der Waals surface area contributed by atoms with Gasteiger partial charge in [-0.1, -0.05) is 36.4 Å². The first-order chi connectivity index (χ1) is 11.5. The molecular formula is C18H21N3O3. The normalized spacial score (nSPS) is 11.6. The maximum absolute atomic E-state index is 12.1. The van der Waals surface area contributed by atoms with E-state index in [0.29, 0.717) is 11.3 Å². The number of nitrogens with one attached hydrogen (secondary N) is 2. The van der Waals surface area contributed by atoms with Crippen LogP contribution in [0.15, 0.2) is 48.5 Å². The molecule has 1 unspecified atom stereocenters. The van der Waals surface area contributed by atoms with Crippen molar-refractivity contribution in [3.63, 3.8) is 0 Å². The van der Waals surface area contributed by atoms with Gasteiger partial charge in [0.05, 0.1) is 16.2 Å². The summed E-state index contributed by atoms with van der Waals surface area (Å²) in [6.07, 6.45) is 1.68. The molecule has 6 nitrogen and oxygen atoms in total. The number of carbonyl (C=O) groups excluding carboxylic acids is 1. The average Bonchev–Trinajstić information content (AvgIpc) is 2.55. The Morgan fingerprint density at radius 2 is 1.88 bits per heavy atom. The predicted molar refractivity (Wildman–Crippen MR) is 94.2 cm³/mol. The molecule has 0 heterocycles. The molecule has 0 radical (unpaired) electrons. The van der Waals surface area contributed by atoms with Gasteiger partial charge in [0.2, 0.25) is 0 Å². The standard InChI is InChI=1S/C18H21N3O3/c1-13(11-12-15-7-4-3-5-8-15)19-18(22)20-16-9-6-10-17(14(16)2)21(23)24/h3-10,13H,11-12H2,1-2H3,(H2,19,20,22). The third-order valence-corrected chi connectivity index (χ3v) is 3.84. The first-order valence-electron chi connectivity index (χ1n) is 7.83. The van der Waals surface area contributed by atoms with Crippen molar-refractivity contribution in [2.75, 3.05) is 5.32 Å². The van der Waals surface area contributed by atoms with Crippen LogP contribution in [-0.2, 0) is 6.42 Å². The maximum Gasteiger partial charge on any atom is 0.319 e. The van der Waals surface area contributed by atoms with Crippen LogP contribution in [-0.4, -0.2) is 17.0 Å². The molecule has 2 N–H and O–H groups in total. The van der Waals surface area contributed by atoms with E-state index in [1.807, 2.05) is 25.1 Å². The molecule has 0 saturated carbocycles. The van der Waals surface area contributed by atoms with Gasteiger partial charge in [-0.3, -0.25) is 10.1 Å². The smallest absolute Gasteiger partial charge is 0.319 e. The predicted octanol–water partition coefficient (Wildman–Crippen LogP) is 4.05. The zero-order valence-electron chi connectivity index (χ0n) is 13.8. The number of nitro benzene ring substituents is 1. The fourth-order valence-electron chi connectivity index (χ4n) is 2.44. The second kappa shape index (κ2) is 8.10. The van der Waals surface area contributed by atoms with Gasteiger partial charge in [-0.2, -0.15) is 0 Å². The Morgan fingerprint density at radius 3 is 2.54 bits per heavy atom. The molecular weight excluding hydrogens is 306 g/mol.